The fourth-order valence-corrected chi connectivity index (χ4v) is 3.82. The molecule has 4 rings (SSSR count). The van der Waals surface area contributed by atoms with Crippen molar-refractivity contribution in [1.82, 2.24) is 24.9 Å². The number of aliphatic hydroxyl groups is 1. The number of anilines is 1. The number of carbonyl (C=O) groups is 1. The Morgan fingerprint density at radius 2 is 2.03 bits per heavy atom. The molecule has 0 radical (unpaired) electrons. The minimum Gasteiger partial charge on any atom is -0.480 e. The third-order valence-electron chi connectivity index (χ3n) is 5.42. The molecule has 0 saturated carbocycles. The summed E-state index contributed by atoms with van der Waals surface area (Å²) in [6, 6.07) is 10.4. The highest BCUT2D eigenvalue weighted by atomic mass is 35.5. The Balaban J connectivity index is 1.56. The third-order valence-corrected chi connectivity index (χ3v) is 5.68. The van der Waals surface area contributed by atoms with Crippen molar-refractivity contribution in [3.8, 4) is 17.1 Å². The summed E-state index contributed by atoms with van der Waals surface area (Å²) in [5.41, 5.74) is 15.5. The number of halogens is 1. The Morgan fingerprint density at radius 3 is 2.74 bits per heavy atom. The Morgan fingerprint density at radius 1 is 1.26 bits per heavy atom. The summed E-state index contributed by atoms with van der Waals surface area (Å²) in [5.74, 6) is 0.0949. The van der Waals surface area contributed by atoms with Crippen LogP contribution in [-0.2, 0) is 6.54 Å². The fraction of sp³-hybridized carbons (Fsp3) is 0.217. The van der Waals surface area contributed by atoms with E-state index in [1.54, 1.807) is 41.0 Å². The van der Waals surface area contributed by atoms with Crippen molar-refractivity contribution in [3.63, 3.8) is 0 Å². The largest absolute Gasteiger partial charge is 0.480 e. The average Bonchev–Trinajstić information content (AvgIpc) is 3.24. The third kappa shape index (κ3) is 4.65. The summed E-state index contributed by atoms with van der Waals surface area (Å²) in [6.45, 7) is 0.485. The normalized spacial score (nSPS) is 12.0. The van der Waals surface area contributed by atoms with E-state index < -0.39 is 6.10 Å². The van der Waals surface area contributed by atoms with E-state index in [1.165, 1.54) is 13.4 Å². The number of hydrogen-bond acceptors (Lipinski definition) is 8. The molecule has 0 spiro atoms. The highest BCUT2D eigenvalue weighted by Gasteiger charge is 2.19. The maximum Gasteiger partial charge on any atom is 0.256 e. The number of fused-ring (bicyclic) bond motifs is 1. The van der Waals surface area contributed by atoms with Crippen molar-refractivity contribution in [1.29, 1.82) is 0 Å². The van der Waals surface area contributed by atoms with E-state index in [1.807, 2.05) is 6.07 Å². The topological polar surface area (TPSA) is 154 Å². The molecule has 0 fully saturated rings. The van der Waals surface area contributed by atoms with Gasteiger partial charge in [0.2, 0.25) is 5.88 Å². The molecule has 10 nitrogen and oxygen atoms in total. The van der Waals surface area contributed by atoms with Gasteiger partial charge in [0, 0.05) is 29.9 Å². The van der Waals surface area contributed by atoms with Gasteiger partial charge in [-0.15, -0.1) is 0 Å². The van der Waals surface area contributed by atoms with Crippen LogP contribution in [0.15, 0.2) is 48.9 Å². The van der Waals surface area contributed by atoms with E-state index in [4.69, 9.17) is 27.8 Å². The van der Waals surface area contributed by atoms with Gasteiger partial charge in [0.25, 0.3) is 5.91 Å². The summed E-state index contributed by atoms with van der Waals surface area (Å²) >= 11 is 5.89. The monoisotopic (exact) mass is 481 g/mol. The highest BCUT2D eigenvalue weighted by molar-refractivity contribution is 6.30. The van der Waals surface area contributed by atoms with E-state index in [0.29, 0.717) is 34.0 Å². The van der Waals surface area contributed by atoms with Crippen molar-refractivity contribution in [3.05, 3.63) is 70.6 Å². The summed E-state index contributed by atoms with van der Waals surface area (Å²) in [5, 5.41) is 18.1. The molecule has 0 bridgehead atoms. The SMILES string of the molecule is COc1ncc(-c2cc(CN)c3c(N)ncnn23)cc1C(=O)NCC[C@H](O)c1ccc(Cl)cc1. The smallest absolute Gasteiger partial charge is 0.256 e. The number of ether oxygens (including phenoxy) is 1. The lowest BCUT2D eigenvalue weighted by Crippen LogP contribution is -2.26. The van der Waals surface area contributed by atoms with Crippen LogP contribution in [0.5, 0.6) is 5.88 Å². The van der Waals surface area contributed by atoms with Gasteiger partial charge in [0.15, 0.2) is 5.82 Å². The number of nitrogens with two attached hydrogens (primary N) is 2. The van der Waals surface area contributed by atoms with Crippen molar-refractivity contribution >= 4 is 28.8 Å². The van der Waals surface area contributed by atoms with Crippen molar-refractivity contribution in [2.75, 3.05) is 19.4 Å². The number of benzene rings is 1. The number of methoxy groups -OCH3 is 1. The maximum absolute atomic E-state index is 12.9. The Bertz CT molecular complexity index is 1320. The van der Waals surface area contributed by atoms with Crippen molar-refractivity contribution < 1.29 is 14.6 Å². The number of nitrogens with one attached hydrogen (secondary N) is 1. The van der Waals surface area contributed by atoms with Gasteiger partial charge in [-0.2, -0.15) is 5.10 Å². The minimum atomic E-state index is -0.740. The Hall–Kier alpha value is -3.73. The van der Waals surface area contributed by atoms with Crippen molar-refractivity contribution in [2.45, 2.75) is 19.1 Å². The van der Waals surface area contributed by atoms with E-state index >= 15 is 0 Å². The lowest BCUT2D eigenvalue weighted by molar-refractivity contribution is 0.0939. The average molecular weight is 482 g/mol. The lowest BCUT2D eigenvalue weighted by Gasteiger charge is -2.13. The van der Waals surface area contributed by atoms with Gasteiger partial charge < -0.3 is 26.6 Å². The number of carbonyl (C=O) groups excluding carboxylic acids is 1. The van der Waals surface area contributed by atoms with Crippen LogP contribution >= 0.6 is 11.6 Å². The lowest BCUT2D eigenvalue weighted by atomic mass is 10.1. The van der Waals surface area contributed by atoms with Gasteiger partial charge in [-0.3, -0.25) is 4.79 Å². The number of aromatic nitrogens is 4. The van der Waals surface area contributed by atoms with Gasteiger partial charge in [-0.05, 0) is 41.8 Å². The van der Waals surface area contributed by atoms with Gasteiger partial charge in [-0.25, -0.2) is 14.5 Å². The molecule has 0 saturated heterocycles. The highest BCUT2D eigenvalue weighted by Crippen LogP contribution is 2.29. The molecule has 3 heterocycles. The van der Waals surface area contributed by atoms with Gasteiger partial charge in [0.05, 0.1) is 18.9 Å². The summed E-state index contributed by atoms with van der Waals surface area (Å²) in [4.78, 5) is 21.3. The van der Waals surface area contributed by atoms with Crippen LogP contribution < -0.4 is 21.5 Å². The Kier molecular flexibility index (Phi) is 6.92. The number of pyridine rings is 1. The second-order valence-electron chi connectivity index (χ2n) is 7.56. The molecule has 1 atom stereocenters. The Labute approximate surface area is 200 Å². The second-order valence-corrected chi connectivity index (χ2v) is 7.99. The number of rotatable bonds is 8. The molecule has 11 heteroatoms. The van der Waals surface area contributed by atoms with E-state index in [0.717, 1.165) is 11.1 Å². The summed E-state index contributed by atoms with van der Waals surface area (Å²) < 4.78 is 6.92. The summed E-state index contributed by atoms with van der Waals surface area (Å²) in [6.07, 6.45) is 2.52. The fourth-order valence-electron chi connectivity index (χ4n) is 3.69. The number of nitrogens with zero attached hydrogens (tertiary/aromatic N) is 4. The zero-order valence-electron chi connectivity index (χ0n) is 18.4. The van der Waals surface area contributed by atoms with Crippen molar-refractivity contribution in [2.24, 2.45) is 5.73 Å². The zero-order valence-corrected chi connectivity index (χ0v) is 19.2. The molecule has 176 valence electrons. The first-order valence-electron chi connectivity index (χ1n) is 10.5. The molecule has 0 unspecified atom stereocenters. The first-order chi connectivity index (χ1) is 16.4. The standard InChI is InChI=1S/C23H24ClN7O3/c1-34-23-17(22(33)27-7-6-19(32)13-2-4-16(24)5-3-13)8-15(11-28-23)18-9-14(10-25)20-21(26)29-12-30-31(18)20/h2-5,8-9,11-12,19,32H,6-7,10,25H2,1H3,(H,27,33)(H2,26,29,30)/t19-/m0/s1. The first kappa shape index (κ1) is 23.4. The van der Waals surface area contributed by atoms with Crippen LogP contribution in [0.2, 0.25) is 5.02 Å². The predicted molar refractivity (Wildman–Crippen MR) is 128 cm³/mol. The molecule has 1 aromatic carbocycles. The molecule has 4 aromatic rings. The second kappa shape index (κ2) is 10.0. The van der Waals surface area contributed by atoms with E-state index in [-0.39, 0.29) is 30.4 Å². The predicted octanol–water partition coefficient (Wildman–Crippen LogP) is 2.35. The van der Waals surface area contributed by atoms with Crippen LogP contribution in [0, 0.1) is 0 Å². The van der Waals surface area contributed by atoms with Gasteiger partial charge in [0.1, 0.15) is 17.4 Å². The molecule has 0 aliphatic heterocycles. The summed E-state index contributed by atoms with van der Waals surface area (Å²) in [7, 11) is 1.44. The van der Waals surface area contributed by atoms with Crippen LogP contribution in [0.1, 0.15) is 34.0 Å². The van der Waals surface area contributed by atoms with E-state index in [9.17, 15) is 9.90 Å². The van der Waals surface area contributed by atoms with Crippen LogP contribution in [0.4, 0.5) is 5.82 Å². The minimum absolute atomic E-state index is 0.175. The first-order valence-corrected chi connectivity index (χ1v) is 10.9. The molecule has 0 aliphatic rings. The molecule has 34 heavy (non-hydrogen) atoms. The molecule has 6 N–H and O–H groups in total. The zero-order chi connectivity index (χ0) is 24.2. The van der Waals surface area contributed by atoms with Gasteiger partial charge in [-0.1, -0.05) is 23.7 Å². The molecular weight excluding hydrogens is 458 g/mol. The maximum atomic E-state index is 12.9. The molecule has 0 aliphatic carbocycles. The number of hydrogen-bond donors (Lipinski definition) is 4. The van der Waals surface area contributed by atoms with Crippen LogP contribution in [-0.4, -0.2) is 44.3 Å². The van der Waals surface area contributed by atoms with E-state index in [2.05, 4.69) is 20.4 Å². The quantitative estimate of drug-likeness (QED) is 0.299. The molecular formula is C23H24ClN7O3. The van der Waals surface area contributed by atoms with Crippen LogP contribution in [0.25, 0.3) is 16.8 Å². The van der Waals surface area contributed by atoms with Crippen LogP contribution in [0.3, 0.4) is 0 Å². The number of nitrogen functional groups attached to an aromatic ring is 1. The molecule has 1 amide bonds. The number of amides is 1. The molecule has 3 aromatic heterocycles. The van der Waals surface area contributed by atoms with Gasteiger partial charge >= 0.3 is 0 Å². The number of aliphatic hydroxyl groups excluding tert-OH is 1.